The van der Waals surface area contributed by atoms with Crippen LogP contribution >= 0.6 is 0 Å². The minimum Gasteiger partial charge on any atom is -0.468 e. The maximum atomic E-state index is 14.0. The molecule has 166 valence electrons. The number of carbonyl (C=O) groups is 1. The molecular weight excluding hydrogens is 427 g/mol. The molecule has 2 amide bonds. The number of carbonyl (C=O) groups excluding carboxylic acids is 1. The Hall–Kier alpha value is -3.88. The average molecular weight is 445 g/mol. The number of amides is 2. The van der Waals surface area contributed by atoms with Crippen molar-refractivity contribution in [2.75, 3.05) is 25.0 Å². The molecule has 4 rings (SSSR count). The van der Waals surface area contributed by atoms with E-state index in [0.717, 1.165) is 12.3 Å². The first-order chi connectivity index (χ1) is 15.4. The van der Waals surface area contributed by atoms with Gasteiger partial charge in [-0.05, 0) is 17.7 Å². The van der Waals surface area contributed by atoms with Gasteiger partial charge in [0.1, 0.15) is 17.7 Å². The number of rotatable bonds is 6. The van der Waals surface area contributed by atoms with Crippen LogP contribution in [0.1, 0.15) is 24.4 Å². The van der Waals surface area contributed by atoms with E-state index in [1.807, 2.05) is 6.07 Å². The quantitative estimate of drug-likeness (QED) is 0.686. The molecule has 1 fully saturated rings. The summed E-state index contributed by atoms with van der Waals surface area (Å²) in [4.78, 5) is 22.0. The second-order valence-electron chi connectivity index (χ2n) is 7.21. The lowest BCUT2D eigenvalue weighted by Gasteiger charge is -2.40. The zero-order chi connectivity index (χ0) is 22.7. The Bertz CT molecular complexity index is 1070. The number of urea groups is 1. The summed E-state index contributed by atoms with van der Waals surface area (Å²) < 4.78 is 46.7. The standard InChI is InChI=1S/C20H18F3N7O2/c21-13-6-12(7-14(22)8-13)17-2-5-27-30(17)20(31)29-10-15(11-29)32-18-16(23)9-26-19(28-18)25-4-1-3-24/h5-9,15,17H,1-2,4,10-11H2,(H,25,26,28)/t17-/m0/s1. The Balaban J connectivity index is 1.35. The summed E-state index contributed by atoms with van der Waals surface area (Å²) in [6, 6.07) is 4.00. The van der Waals surface area contributed by atoms with Gasteiger partial charge in [-0.3, -0.25) is 0 Å². The fourth-order valence-electron chi connectivity index (χ4n) is 3.36. The largest absolute Gasteiger partial charge is 0.468 e. The zero-order valence-corrected chi connectivity index (χ0v) is 16.7. The fraction of sp³-hybridized carbons (Fsp3) is 0.350. The smallest absolute Gasteiger partial charge is 0.341 e. The van der Waals surface area contributed by atoms with Gasteiger partial charge in [0.15, 0.2) is 0 Å². The second-order valence-corrected chi connectivity index (χ2v) is 7.21. The first-order valence-electron chi connectivity index (χ1n) is 9.81. The highest BCUT2D eigenvalue weighted by Crippen LogP contribution is 2.31. The van der Waals surface area contributed by atoms with Crippen LogP contribution in [0.25, 0.3) is 0 Å². The van der Waals surface area contributed by atoms with Crippen molar-refractivity contribution in [1.29, 1.82) is 5.26 Å². The topological polar surface area (TPSA) is 107 Å². The Morgan fingerprint density at radius 1 is 1.25 bits per heavy atom. The molecule has 9 nitrogen and oxygen atoms in total. The molecule has 1 aromatic heterocycles. The molecule has 2 aliphatic rings. The Kier molecular flexibility index (Phi) is 6.07. The Morgan fingerprint density at radius 2 is 2.00 bits per heavy atom. The van der Waals surface area contributed by atoms with Gasteiger partial charge in [-0.15, -0.1) is 0 Å². The molecule has 0 aliphatic carbocycles. The lowest BCUT2D eigenvalue weighted by molar-refractivity contribution is 0.0230. The summed E-state index contributed by atoms with van der Waals surface area (Å²) in [5.74, 6) is -2.35. The van der Waals surface area contributed by atoms with E-state index >= 15 is 0 Å². The van der Waals surface area contributed by atoms with Gasteiger partial charge in [-0.2, -0.15) is 19.7 Å². The molecule has 1 N–H and O–H groups in total. The van der Waals surface area contributed by atoms with Crippen LogP contribution in [0.3, 0.4) is 0 Å². The number of ether oxygens (including phenoxy) is 1. The second kappa shape index (κ2) is 9.09. The molecule has 32 heavy (non-hydrogen) atoms. The van der Waals surface area contributed by atoms with Crippen LogP contribution in [0.4, 0.5) is 23.9 Å². The predicted octanol–water partition coefficient (Wildman–Crippen LogP) is 2.84. The molecule has 2 aliphatic heterocycles. The third-order valence-corrected chi connectivity index (χ3v) is 4.92. The molecule has 1 aromatic carbocycles. The molecule has 0 unspecified atom stereocenters. The predicted molar refractivity (Wildman–Crippen MR) is 106 cm³/mol. The number of nitriles is 1. The summed E-state index contributed by atoms with van der Waals surface area (Å²) in [6.07, 6.45) is 2.54. The van der Waals surface area contributed by atoms with E-state index < -0.39 is 35.6 Å². The molecule has 0 spiro atoms. The monoisotopic (exact) mass is 445 g/mol. The minimum atomic E-state index is -0.752. The lowest BCUT2D eigenvalue weighted by Crippen LogP contribution is -2.59. The Labute approximate surface area is 181 Å². The van der Waals surface area contributed by atoms with E-state index in [-0.39, 0.29) is 31.3 Å². The van der Waals surface area contributed by atoms with Crippen LogP contribution in [0.15, 0.2) is 29.5 Å². The van der Waals surface area contributed by atoms with Gasteiger partial charge in [0.2, 0.25) is 11.8 Å². The van der Waals surface area contributed by atoms with Crippen LogP contribution in [0, 0.1) is 28.8 Å². The molecule has 2 aromatic rings. The van der Waals surface area contributed by atoms with E-state index in [9.17, 15) is 18.0 Å². The number of halogens is 3. The lowest BCUT2D eigenvalue weighted by atomic mass is 10.0. The van der Waals surface area contributed by atoms with Crippen molar-refractivity contribution < 1.29 is 22.7 Å². The first-order valence-corrected chi connectivity index (χ1v) is 9.81. The number of hydrazone groups is 1. The van der Waals surface area contributed by atoms with Crippen LogP contribution < -0.4 is 10.1 Å². The van der Waals surface area contributed by atoms with E-state index in [1.54, 1.807) is 0 Å². The highest BCUT2D eigenvalue weighted by Gasteiger charge is 2.39. The summed E-state index contributed by atoms with van der Waals surface area (Å²) in [6.45, 7) is 0.630. The number of nitrogens with zero attached hydrogens (tertiary/aromatic N) is 6. The van der Waals surface area contributed by atoms with Crippen LogP contribution in [0.5, 0.6) is 5.88 Å². The van der Waals surface area contributed by atoms with Crippen molar-refractivity contribution in [3.05, 3.63) is 47.4 Å². The maximum Gasteiger partial charge on any atom is 0.341 e. The number of benzene rings is 1. The van der Waals surface area contributed by atoms with E-state index in [0.29, 0.717) is 18.5 Å². The molecular formula is C20H18F3N7O2. The first kappa shape index (κ1) is 21.4. The van der Waals surface area contributed by atoms with Crippen molar-refractivity contribution in [2.45, 2.75) is 25.0 Å². The van der Waals surface area contributed by atoms with E-state index in [4.69, 9.17) is 10.00 Å². The fourth-order valence-corrected chi connectivity index (χ4v) is 3.36. The molecule has 1 atom stereocenters. The van der Waals surface area contributed by atoms with E-state index in [1.165, 1.54) is 28.3 Å². The number of nitrogens with one attached hydrogen (secondary N) is 1. The van der Waals surface area contributed by atoms with Gasteiger partial charge < -0.3 is 15.0 Å². The van der Waals surface area contributed by atoms with Crippen LogP contribution in [-0.2, 0) is 0 Å². The van der Waals surface area contributed by atoms with Crippen molar-refractivity contribution in [3.8, 4) is 11.9 Å². The van der Waals surface area contributed by atoms with Crippen molar-refractivity contribution in [2.24, 2.45) is 5.10 Å². The number of aromatic nitrogens is 2. The van der Waals surface area contributed by atoms with Gasteiger partial charge in [0.25, 0.3) is 5.88 Å². The highest BCUT2D eigenvalue weighted by molar-refractivity contribution is 5.79. The van der Waals surface area contributed by atoms with Gasteiger partial charge in [-0.25, -0.2) is 23.6 Å². The molecule has 0 bridgehead atoms. The summed E-state index contributed by atoms with van der Waals surface area (Å²) >= 11 is 0. The van der Waals surface area contributed by atoms with Gasteiger partial charge >= 0.3 is 6.03 Å². The Morgan fingerprint density at radius 3 is 2.72 bits per heavy atom. The molecule has 0 radical (unpaired) electrons. The number of likely N-dealkylation sites (tertiary alicyclic amines) is 1. The number of anilines is 1. The number of hydrogen-bond acceptors (Lipinski definition) is 7. The van der Waals surface area contributed by atoms with Crippen molar-refractivity contribution >= 4 is 18.2 Å². The average Bonchev–Trinajstić information content (AvgIpc) is 3.21. The highest BCUT2D eigenvalue weighted by atomic mass is 19.1. The van der Waals surface area contributed by atoms with Crippen molar-refractivity contribution in [1.82, 2.24) is 19.9 Å². The maximum absolute atomic E-state index is 14.0. The number of hydrogen-bond donors (Lipinski definition) is 1. The molecule has 0 saturated carbocycles. The molecule has 12 heteroatoms. The SMILES string of the molecule is N#CCCNc1ncc(F)c(OC2CN(C(=O)N3N=CC[C@H]3c3cc(F)cc(F)c3)C2)n1. The summed E-state index contributed by atoms with van der Waals surface area (Å²) in [7, 11) is 0. The summed E-state index contributed by atoms with van der Waals surface area (Å²) in [5, 5.41) is 16.6. The van der Waals surface area contributed by atoms with Crippen molar-refractivity contribution in [3.63, 3.8) is 0 Å². The third-order valence-electron chi connectivity index (χ3n) is 4.92. The zero-order valence-electron chi connectivity index (χ0n) is 16.7. The van der Waals surface area contributed by atoms with Gasteiger partial charge in [0, 0.05) is 25.2 Å². The third kappa shape index (κ3) is 4.56. The summed E-state index contributed by atoms with van der Waals surface area (Å²) in [5.41, 5.74) is 0.307. The van der Waals surface area contributed by atoms with Gasteiger partial charge in [-0.1, -0.05) is 0 Å². The van der Waals surface area contributed by atoms with Crippen LogP contribution in [0.2, 0.25) is 0 Å². The normalized spacial score (nSPS) is 17.8. The minimum absolute atomic E-state index is 0.125. The van der Waals surface area contributed by atoms with Crippen LogP contribution in [-0.4, -0.2) is 57.9 Å². The molecule has 3 heterocycles. The van der Waals surface area contributed by atoms with Gasteiger partial charge in [0.05, 0.1) is 37.8 Å². The molecule has 1 saturated heterocycles. The van der Waals surface area contributed by atoms with E-state index in [2.05, 4.69) is 20.4 Å².